The first-order valence-electron chi connectivity index (χ1n) is 5.91. The number of likely N-dealkylation sites (tertiary alicyclic amines) is 1. The van der Waals surface area contributed by atoms with Crippen molar-refractivity contribution < 1.29 is 14.7 Å². The topological polar surface area (TPSA) is 69.6 Å². The van der Waals surface area contributed by atoms with Gasteiger partial charge in [-0.3, -0.25) is 14.5 Å². The van der Waals surface area contributed by atoms with Gasteiger partial charge in [-0.05, 0) is 5.56 Å². The van der Waals surface area contributed by atoms with Crippen LogP contribution in [0.15, 0.2) is 30.3 Å². The molecule has 18 heavy (non-hydrogen) atoms. The van der Waals surface area contributed by atoms with Gasteiger partial charge in [0.05, 0.1) is 6.54 Å². The molecule has 0 radical (unpaired) electrons. The summed E-state index contributed by atoms with van der Waals surface area (Å²) in [4.78, 5) is 23.7. The number of nitrogens with zero attached hydrogens (tertiary/aromatic N) is 1. The van der Waals surface area contributed by atoms with Crippen LogP contribution in [0.4, 0.5) is 0 Å². The molecule has 1 aliphatic heterocycles. The van der Waals surface area contributed by atoms with E-state index in [2.05, 4.69) is 17.4 Å². The number of amides is 1. The number of carbonyl (C=O) groups is 2. The normalized spacial score (nSPS) is 16.0. The van der Waals surface area contributed by atoms with E-state index in [1.807, 2.05) is 23.1 Å². The van der Waals surface area contributed by atoms with Crippen molar-refractivity contribution in [1.82, 2.24) is 10.2 Å². The maximum Gasteiger partial charge on any atom is 0.322 e. The number of hydrogen-bond donors (Lipinski definition) is 2. The van der Waals surface area contributed by atoms with Crippen molar-refractivity contribution in [3.63, 3.8) is 0 Å². The first-order valence-corrected chi connectivity index (χ1v) is 5.91. The minimum Gasteiger partial charge on any atom is -0.480 e. The average molecular weight is 248 g/mol. The number of rotatable bonds is 5. The zero-order chi connectivity index (χ0) is 13.0. The van der Waals surface area contributed by atoms with Crippen LogP contribution in [-0.2, 0) is 9.59 Å². The van der Waals surface area contributed by atoms with Gasteiger partial charge in [0.2, 0.25) is 5.91 Å². The van der Waals surface area contributed by atoms with Crippen LogP contribution in [-0.4, -0.2) is 48.1 Å². The highest BCUT2D eigenvalue weighted by atomic mass is 16.4. The summed E-state index contributed by atoms with van der Waals surface area (Å²) < 4.78 is 0. The molecule has 2 N–H and O–H groups in total. The van der Waals surface area contributed by atoms with E-state index in [1.165, 1.54) is 5.56 Å². The van der Waals surface area contributed by atoms with Crippen LogP contribution >= 0.6 is 0 Å². The van der Waals surface area contributed by atoms with Crippen molar-refractivity contribution in [1.29, 1.82) is 0 Å². The highest BCUT2D eigenvalue weighted by Gasteiger charge is 2.28. The first-order chi connectivity index (χ1) is 8.65. The van der Waals surface area contributed by atoms with Gasteiger partial charge in [0, 0.05) is 19.0 Å². The lowest BCUT2D eigenvalue weighted by atomic mass is 9.91. The summed E-state index contributed by atoms with van der Waals surface area (Å²) in [7, 11) is 0. The standard InChI is InChI=1S/C13H16N2O3/c16-12(14-6-13(17)18)9-15-7-11(8-15)10-4-2-1-3-5-10/h1-5,11H,6-9H2,(H,14,16)(H,17,18). The minimum atomic E-state index is -1.02. The van der Waals surface area contributed by atoms with E-state index in [9.17, 15) is 9.59 Å². The molecule has 0 atom stereocenters. The van der Waals surface area contributed by atoms with Gasteiger partial charge in [0.1, 0.15) is 6.54 Å². The average Bonchev–Trinajstić information content (AvgIpc) is 2.32. The SMILES string of the molecule is O=C(O)CNC(=O)CN1CC(c2ccccc2)C1. The molecule has 1 aromatic rings. The third-order valence-electron chi connectivity index (χ3n) is 3.03. The molecule has 0 aromatic heterocycles. The smallest absolute Gasteiger partial charge is 0.322 e. The summed E-state index contributed by atoms with van der Waals surface area (Å²) >= 11 is 0. The number of carboxylic acids is 1. The molecule has 1 aliphatic rings. The number of hydrogen-bond acceptors (Lipinski definition) is 3. The summed E-state index contributed by atoms with van der Waals surface area (Å²) in [5.41, 5.74) is 1.29. The van der Waals surface area contributed by atoms with Gasteiger partial charge in [-0.2, -0.15) is 0 Å². The van der Waals surface area contributed by atoms with E-state index in [4.69, 9.17) is 5.11 Å². The molecule has 1 amide bonds. The Kier molecular flexibility index (Phi) is 3.94. The number of aliphatic carboxylic acids is 1. The number of nitrogens with one attached hydrogen (secondary N) is 1. The summed E-state index contributed by atoms with van der Waals surface area (Å²) in [6.07, 6.45) is 0. The van der Waals surface area contributed by atoms with Gasteiger partial charge in [-0.1, -0.05) is 30.3 Å². The van der Waals surface area contributed by atoms with Crippen molar-refractivity contribution in [2.75, 3.05) is 26.2 Å². The van der Waals surface area contributed by atoms with E-state index in [1.54, 1.807) is 0 Å². The second kappa shape index (κ2) is 5.64. The Hall–Kier alpha value is -1.88. The molecule has 0 saturated carbocycles. The lowest BCUT2D eigenvalue weighted by Crippen LogP contribution is -2.49. The van der Waals surface area contributed by atoms with Crippen molar-refractivity contribution in [2.24, 2.45) is 0 Å². The van der Waals surface area contributed by atoms with E-state index in [-0.39, 0.29) is 19.0 Å². The summed E-state index contributed by atoms with van der Waals surface area (Å²) in [6, 6.07) is 10.2. The van der Waals surface area contributed by atoms with Gasteiger partial charge in [0.15, 0.2) is 0 Å². The van der Waals surface area contributed by atoms with Gasteiger partial charge in [-0.15, -0.1) is 0 Å². The molecular weight excluding hydrogens is 232 g/mol. The van der Waals surface area contributed by atoms with Crippen molar-refractivity contribution in [2.45, 2.75) is 5.92 Å². The maximum atomic E-state index is 11.4. The number of carbonyl (C=O) groups excluding carboxylic acids is 1. The Balaban J connectivity index is 1.70. The monoisotopic (exact) mass is 248 g/mol. The van der Waals surface area contributed by atoms with Crippen LogP contribution in [0.25, 0.3) is 0 Å². The summed E-state index contributed by atoms with van der Waals surface area (Å²) in [5, 5.41) is 10.8. The number of benzene rings is 1. The summed E-state index contributed by atoms with van der Waals surface area (Å²) in [6.45, 7) is 1.67. The predicted molar refractivity (Wildman–Crippen MR) is 66.3 cm³/mol. The molecule has 5 heteroatoms. The lowest BCUT2D eigenvalue weighted by Gasteiger charge is -2.39. The molecule has 1 aromatic carbocycles. The van der Waals surface area contributed by atoms with E-state index < -0.39 is 5.97 Å². The van der Waals surface area contributed by atoms with E-state index in [0.717, 1.165) is 13.1 Å². The fraction of sp³-hybridized carbons (Fsp3) is 0.385. The molecule has 1 heterocycles. The molecule has 0 bridgehead atoms. The fourth-order valence-corrected chi connectivity index (χ4v) is 2.07. The Morgan fingerprint density at radius 1 is 1.28 bits per heavy atom. The fourth-order valence-electron chi connectivity index (χ4n) is 2.07. The second-order valence-electron chi connectivity index (χ2n) is 4.47. The molecule has 1 fully saturated rings. The molecular formula is C13H16N2O3. The second-order valence-corrected chi connectivity index (χ2v) is 4.47. The van der Waals surface area contributed by atoms with Crippen LogP contribution in [0.5, 0.6) is 0 Å². The molecule has 1 saturated heterocycles. The molecule has 5 nitrogen and oxygen atoms in total. The van der Waals surface area contributed by atoms with Crippen LogP contribution in [0.3, 0.4) is 0 Å². The summed E-state index contributed by atoms with van der Waals surface area (Å²) in [5.74, 6) is -0.767. The highest BCUT2D eigenvalue weighted by molar-refractivity contribution is 5.82. The minimum absolute atomic E-state index is 0.232. The Morgan fingerprint density at radius 3 is 2.56 bits per heavy atom. The quantitative estimate of drug-likeness (QED) is 0.785. The van der Waals surface area contributed by atoms with Gasteiger partial charge < -0.3 is 10.4 Å². The van der Waals surface area contributed by atoms with Crippen LogP contribution < -0.4 is 5.32 Å². The zero-order valence-electron chi connectivity index (χ0n) is 10.0. The van der Waals surface area contributed by atoms with Gasteiger partial charge in [-0.25, -0.2) is 0 Å². The first kappa shape index (κ1) is 12.6. The molecule has 2 rings (SSSR count). The molecule has 96 valence electrons. The van der Waals surface area contributed by atoms with E-state index >= 15 is 0 Å². The molecule has 0 spiro atoms. The third kappa shape index (κ3) is 3.30. The number of carboxylic acid groups (broad SMARTS) is 1. The van der Waals surface area contributed by atoms with Crippen LogP contribution in [0, 0.1) is 0 Å². The third-order valence-corrected chi connectivity index (χ3v) is 3.03. The Morgan fingerprint density at radius 2 is 1.94 bits per heavy atom. The van der Waals surface area contributed by atoms with Gasteiger partial charge in [0.25, 0.3) is 0 Å². The Bertz CT molecular complexity index is 427. The predicted octanol–water partition coefficient (Wildman–Crippen LogP) is 0.287. The van der Waals surface area contributed by atoms with E-state index in [0.29, 0.717) is 5.92 Å². The lowest BCUT2D eigenvalue weighted by molar-refractivity contribution is -0.138. The van der Waals surface area contributed by atoms with Crippen molar-refractivity contribution >= 4 is 11.9 Å². The van der Waals surface area contributed by atoms with Crippen LogP contribution in [0.2, 0.25) is 0 Å². The van der Waals surface area contributed by atoms with Crippen LogP contribution in [0.1, 0.15) is 11.5 Å². The van der Waals surface area contributed by atoms with Crippen molar-refractivity contribution in [3.05, 3.63) is 35.9 Å². The highest BCUT2D eigenvalue weighted by Crippen LogP contribution is 2.25. The molecule has 0 unspecified atom stereocenters. The van der Waals surface area contributed by atoms with Crippen molar-refractivity contribution in [3.8, 4) is 0 Å². The molecule has 0 aliphatic carbocycles. The maximum absolute atomic E-state index is 11.4. The largest absolute Gasteiger partial charge is 0.480 e. The van der Waals surface area contributed by atoms with Gasteiger partial charge >= 0.3 is 5.97 Å². The Labute approximate surface area is 105 Å². The zero-order valence-corrected chi connectivity index (χ0v) is 10.0.